The van der Waals surface area contributed by atoms with Crippen molar-refractivity contribution in [2.45, 2.75) is 62.6 Å². The lowest BCUT2D eigenvalue weighted by Crippen LogP contribution is -2.50. The van der Waals surface area contributed by atoms with Gasteiger partial charge in [-0.2, -0.15) is 0 Å². The zero-order valence-electron chi connectivity index (χ0n) is 23.5. The van der Waals surface area contributed by atoms with Crippen LogP contribution in [0.1, 0.15) is 59.9 Å². The van der Waals surface area contributed by atoms with E-state index in [1.54, 1.807) is 23.1 Å². The van der Waals surface area contributed by atoms with Crippen LogP contribution in [0.3, 0.4) is 0 Å². The van der Waals surface area contributed by atoms with E-state index in [0.29, 0.717) is 23.7 Å². The fourth-order valence-corrected chi connectivity index (χ4v) is 7.33. The highest BCUT2D eigenvalue weighted by molar-refractivity contribution is 7.91. The summed E-state index contributed by atoms with van der Waals surface area (Å²) in [4.78, 5) is 47.4. The fraction of sp³-hybridized carbons (Fsp3) is 0.355. The minimum atomic E-state index is -3.87. The minimum Gasteiger partial charge on any atom is -0.464 e. The van der Waals surface area contributed by atoms with Crippen LogP contribution in [0.15, 0.2) is 59.5 Å². The van der Waals surface area contributed by atoms with E-state index < -0.39 is 33.6 Å². The number of nitrogens with one attached hydrogen (secondary N) is 1. The van der Waals surface area contributed by atoms with E-state index in [2.05, 4.69) is 10.3 Å². The number of methoxy groups -OCH3 is 1. The first kappa shape index (κ1) is 27.9. The van der Waals surface area contributed by atoms with Crippen molar-refractivity contribution in [3.05, 3.63) is 71.5 Å². The summed E-state index contributed by atoms with van der Waals surface area (Å²) in [6.45, 7) is 1.84. The molecule has 1 N–H and O–H groups in total. The molecule has 1 saturated carbocycles. The van der Waals surface area contributed by atoms with Crippen molar-refractivity contribution >= 4 is 49.4 Å². The number of nitrogens with zero attached hydrogens (tertiary/aromatic N) is 3. The molecule has 4 aromatic rings. The van der Waals surface area contributed by atoms with Crippen LogP contribution in [-0.2, 0) is 30.7 Å². The van der Waals surface area contributed by atoms with E-state index in [1.165, 1.54) is 19.2 Å². The summed E-state index contributed by atoms with van der Waals surface area (Å²) in [5.41, 5.74) is 2.49. The quantitative estimate of drug-likeness (QED) is 0.337. The van der Waals surface area contributed by atoms with Gasteiger partial charge in [0.1, 0.15) is 18.1 Å². The number of fused-ring (bicyclic) bond motifs is 3. The molecular weight excluding hydrogens is 556 g/mol. The molecule has 2 aromatic heterocycles. The first-order valence-electron chi connectivity index (χ1n) is 14.1. The van der Waals surface area contributed by atoms with Gasteiger partial charge in [-0.05, 0) is 44.0 Å². The van der Waals surface area contributed by atoms with Gasteiger partial charge < -0.3 is 19.5 Å². The topological polar surface area (TPSA) is 128 Å². The molecule has 0 saturated heterocycles. The molecule has 218 valence electrons. The summed E-state index contributed by atoms with van der Waals surface area (Å²) in [5, 5.41) is 4.08. The Morgan fingerprint density at radius 3 is 2.45 bits per heavy atom. The van der Waals surface area contributed by atoms with Gasteiger partial charge in [0, 0.05) is 22.3 Å². The molecule has 10 nitrogen and oxygen atoms in total. The Hall–Kier alpha value is -4.25. The van der Waals surface area contributed by atoms with Crippen LogP contribution in [0.5, 0.6) is 0 Å². The van der Waals surface area contributed by atoms with Gasteiger partial charge in [0.2, 0.25) is 11.8 Å². The van der Waals surface area contributed by atoms with Crippen LogP contribution in [0.4, 0.5) is 0 Å². The Morgan fingerprint density at radius 2 is 1.74 bits per heavy atom. The van der Waals surface area contributed by atoms with Crippen LogP contribution in [-0.4, -0.2) is 59.7 Å². The van der Waals surface area contributed by atoms with Crippen LogP contribution in [0.25, 0.3) is 21.8 Å². The molecule has 2 aromatic carbocycles. The van der Waals surface area contributed by atoms with Gasteiger partial charge in [0.25, 0.3) is 0 Å². The monoisotopic (exact) mass is 588 g/mol. The number of hydrogen-bond acceptors (Lipinski definition) is 7. The number of pyridine rings is 1. The van der Waals surface area contributed by atoms with Crippen LogP contribution >= 0.6 is 0 Å². The third-order valence-corrected chi connectivity index (χ3v) is 9.84. The molecule has 0 radical (unpaired) electrons. The number of aryl methyl sites for hydroxylation is 1. The number of aromatic nitrogens is 2. The smallest absolute Gasteiger partial charge is 0.356 e. The Kier molecular flexibility index (Phi) is 7.22. The summed E-state index contributed by atoms with van der Waals surface area (Å²) < 4.78 is 33.2. The van der Waals surface area contributed by atoms with Crippen molar-refractivity contribution in [2.75, 3.05) is 13.0 Å². The van der Waals surface area contributed by atoms with Crippen LogP contribution < -0.4 is 5.32 Å². The second-order valence-electron chi connectivity index (χ2n) is 11.0. The normalized spacial score (nSPS) is 17.8. The van der Waals surface area contributed by atoms with E-state index in [4.69, 9.17) is 4.74 Å². The molecular formula is C31H32N4O6S. The number of ether oxygens (including phenoxy) is 1. The Balaban J connectivity index is 1.51. The lowest BCUT2D eigenvalue weighted by Gasteiger charge is -2.38. The van der Waals surface area contributed by atoms with E-state index in [-0.39, 0.29) is 34.8 Å². The molecule has 0 bridgehead atoms. The highest BCUT2D eigenvalue weighted by Gasteiger charge is 2.42. The van der Waals surface area contributed by atoms with Gasteiger partial charge in [-0.15, -0.1) is 0 Å². The van der Waals surface area contributed by atoms with Crippen LogP contribution in [0, 0.1) is 6.92 Å². The van der Waals surface area contributed by atoms with Crippen molar-refractivity contribution < 1.29 is 27.5 Å². The zero-order valence-corrected chi connectivity index (χ0v) is 24.3. The molecule has 2 aliphatic rings. The number of amides is 2. The minimum absolute atomic E-state index is 0.00548. The van der Waals surface area contributed by atoms with E-state index >= 15 is 0 Å². The summed E-state index contributed by atoms with van der Waals surface area (Å²) in [7, 11) is -2.61. The number of sulfone groups is 1. The number of benzene rings is 2. The maximum Gasteiger partial charge on any atom is 0.356 e. The molecule has 11 heteroatoms. The summed E-state index contributed by atoms with van der Waals surface area (Å²) in [6, 6.07) is 14.1. The predicted octanol–water partition coefficient (Wildman–Crippen LogP) is 4.05. The van der Waals surface area contributed by atoms with Gasteiger partial charge in [0.15, 0.2) is 15.9 Å². The van der Waals surface area contributed by atoms with Crippen molar-refractivity contribution in [2.24, 2.45) is 0 Å². The maximum atomic E-state index is 14.2. The Morgan fingerprint density at radius 1 is 1.02 bits per heavy atom. The molecule has 1 aliphatic heterocycles. The SMILES string of the molecule is COC(=O)c1cc2c3ccccc3n3c2c(n1)C(C(=O)NCS(=O)(=O)c1ccc(C)cc1)N(C1CCCCC1)C(=O)C3. The van der Waals surface area contributed by atoms with Crippen molar-refractivity contribution in [1.82, 2.24) is 19.8 Å². The van der Waals surface area contributed by atoms with E-state index in [0.717, 1.165) is 35.7 Å². The molecule has 2 amide bonds. The Labute approximate surface area is 243 Å². The number of carbonyl (C=O) groups excluding carboxylic acids is 3. The molecule has 1 fully saturated rings. The van der Waals surface area contributed by atoms with Gasteiger partial charge in [0.05, 0.1) is 23.2 Å². The first-order valence-corrected chi connectivity index (χ1v) is 15.7. The van der Waals surface area contributed by atoms with Crippen molar-refractivity contribution in [1.29, 1.82) is 0 Å². The summed E-state index contributed by atoms with van der Waals surface area (Å²) in [6.07, 6.45) is 4.28. The summed E-state index contributed by atoms with van der Waals surface area (Å²) >= 11 is 0. The van der Waals surface area contributed by atoms with E-state index in [9.17, 15) is 22.8 Å². The standard InChI is InChI=1S/C31H32N4O6S/c1-19-12-14-21(15-13-19)42(39,40)18-32-30(37)29-27-28-23(16-24(33-27)31(38)41-2)22-10-6-7-11-25(22)34(28)17-26(36)35(29)20-8-4-3-5-9-20/h6-7,10-16,20,29H,3-5,8-9,17-18H2,1-2H3,(H,32,37). The molecule has 1 atom stereocenters. The number of carbonyl (C=O) groups is 3. The molecule has 3 heterocycles. The van der Waals surface area contributed by atoms with Gasteiger partial charge >= 0.3 is 5.97 Å². The van der Waals surface area contributed by atoms with Crippen molar-refractivity contribution in [3.8, 4) is 0 Å². The number of para-hydroxylation sites is 1. The molecule has 1 aliphatic carbocycles. The van der Waals surface area contributed by atoms with Gasteiger partial charge in [-0.3, -0.25) is 9.59 Å². The van der Waals surface area contributed by atoms with Crippen molar-refractivity contribution in [3.63, 3.8) is 0 Å². The third-order valence-electron chi connectivity index (χ3n) is 8.32. The lowest BCUT2D eigenvalue weighted by atomic mass is 9.92. The number of rotatable bonds is 6. The molecule has 1 unspecified atom stereocenters. The zero-order chi connectivity index (χ0) is 29.6. The van der Waals surface area contributed by atoms with Crippen LogP contribution in [0.2, 0.25) is 0 Å². The Bertz CT molecular complexity index is 1820. The maximum absolute atomic E-state index is 14.2. The summed E-state index contributed by atoms with van der Waals surface area (Å²) in [5.74, 6) is -2.25. The third kappa shape index (κ3) is 4.81. The molecule has 6 rings (SSSR count). The first-order chi connectivity index (χ1) is 20.2. The van der Waals surface area contributed by atoms with Gasteiger partial charge in [-0.1, -0.05) is 55.2 Å². The largest absolute Gasteiger partial charge is 0.464 e. The fourth-order valence-electron chi connectivity index (χ4n) is 6.28. The number of hydrogen-bond donors (Lipinski definition) is 1. The second-order valence-corrected chi connectivity index (χ2v) is 13.0. The average Bonchev–Trinajstić information content (AvgIpc) is 3.24. The molecule has 42 heavy (non-hydrogen) atoms. The number of esters is 1. The second kappa shape index (κ2) is 10.9. The lowest BCUT2D eigenvalue weighted by molar-refractivity contribution is -0.144. The highest BCUT2D eigenvalue weighted by Crippen LogP contribution is 2.40. The predicted molar refractivity (Wildman–Crippen MR) is 156 cm³/mol. The van der Waals surface area contributed by atoms with Gasteiger partial charge in [-0.25, -0.2) is 18.2 Å². The average molecular weight is 589 g/mol. The molecule has 0 spiro atoms. The highest BCUT2D eigenvalue weighted by atomic mass is 32.2. The van der Waals surface area contributed by atoms with E-state index in [1.807, 2.05) is 35.8 Å².